The minimum atomic E-state index is -3.48. The molecule has 2 aliphatic heterocycles. The van der Waals surface area contributed by atoms with Gasteiger partial charge in [0.2, 0.25) is 15.9 Å². The fourth-order valence-electron chi connectivity index (χ4n) is 2.40. The zero-order valence-corrected chi connectivity index (χ0v) is 12.4. The number of aliphatic carboxylic acids is 1. The molecule has 0 bridgehead atoms. The van der Waals surface area contributed by atoms with Gasteiger partial charge in [-0.3, -0.25) is 4.79 Å². The first kappa shape index (κ1) is 14.6. The molecular formula is C10H16N2O5S2. The molecule has 2 saturated heterocycles. The van der Waals surface area contributed by atoms with Gasteiger partial charge in [0.15, 0.2) is 0 Å². The topological polar surface area (TPSA) is 104 Å². The van der Waals surface area contributed by atoms with E-state index in [1.54, 1.807) is 13.8 Å². The number of carbonyl (C=O) groups excluding carboxylic acids is 1. The molecule has 108 valence electrons. The largest absolute Gasteiger partial charge is 0.480 e. The normalized spacial score (nSPS) is 32.9. The SMILES string of the molecule is CCS(=O)(=O)N[C@@H]1C(=O)N2[C@@H]1SC(C)(C)[C@@H]2C(=O)O. The molecule has 2 fully saturated rings. The molecule has 2 heterocycles. The monoisotopic (exact) mass is 308 g/mol. The van der Waals surface area contributed by atoms with Gasteiger partial charge < -0.3 is 10.0 Å². The molecule has 0 aromatic heterocycles. The molecule has 0 aromatic rings. The molecule has 0 spiro atoms. The number of amides is 1. The van der Waals surface area contributed by atoms with Crippen LogP contribution >= 0.6 is 11.8 Å². The second kappa shape index (κ2) is 4.35. The Morgan fingerprint density at radius 2 is 2.11 bits per heavy atom. The summed E-state index contributed by atoms with van der Waals surface area (Å²) in [5.74, 6) is -1.64. The standard InChI is InChI=1S/C10H16N2O5S2/c1-4-19(16,17)11-5-7(13)12-6(9(14)15)10(2,3)18-8(5)12/h5-6,8,11H,4H2,1-3H3,(H,14,15)/t5-,6+,8-/m1/s1. The average Bonchev–Trinajstić information content (AvgIpc) is 2.55. The highest BCUT2D eigenvalue weighted by molar-refractivity contribution is 8.01. The molecule has 0 aliphatic carbocycles. The number of nitrogens with one attached hydrogen (secondary N) is 1. The molecule has 0 saturated carbocycles. The lowest BCUT2D eigenvalue weighted by molar-refractivity contribution is -0.159. The first-order chi connectivity index (χ1) is 8.60. The second-order valence-electron chi connectivity index (χ2n) is 5.10. The number of β-lactam (4-membered cyclic amide) rings is 1. The first-order valence-corrected chi connectivity index (χ1v) is 8.36. The van der Waals surface area contributed by atoms with Gasteiger partial charge in [-0.2, -0.15) is 4.72 Å². The highest BCUT2D eigenvalue weighted by Gasteiger charge is 2.64. The van der Waals surface area contributed by atoms with Crippen LogP contribution in [0.2, 0.25) is 0 Å². The molecule has 0 radical (unpaired) electrons. The van der Waals surface area contributed by atoms with Gasteiger partial charge in [0.25, 0.3) is 0 Å². The van der Waals surface area contributed by atoms with Crippen molar-refractivity contribution in [2.45, 2.75) is 43.0 Å². The summed E-state index contributed by atoms with van der Waals surface area (Å²) in [5.41, 5.74) is 0. The zero-order valence-electron chi connectivity index (χ0n) is 10.8. The van der Waals surface area contributed by atoms with Crippen LogP contribution in [0.3, 0.4) is 0 Å². The van der Waals surface area contributed by atoms with Gasteiger partial charge in [-0.1, -0.05) is 0 Å². The quantitative estimate of drug-likeness (QED) is 0.675. The highest BCUT2D eigenvalue weighted by Crippen LogP contribution is 2.50. The van der Waals surface area contributed by atoms with Crippen molar-refractivity contribution in [3.63, 3.8) is 0 Å². The maximum absolute atomic E-state index is 12.0. The molecule has 9 heteroatoms. The predicted molar refractivity (Wildman–Crippen MR) is 70.1 cm³/mol. The Balaban J connectivity index is 2.22. The third kappa shape index (κ3) is 2.23. The van der Waals surface area contributed by atoms with Crippen LogP contribution in [0.5, 0.6) is 0 Å². The Hall–Kier alpha value is -0.800. The summed E-state index contributed by atoms with van der Waals surface area (Å²) in [6.07, 6.45) is 0. The number of sulfonamides is 1. The summed E-state index contributed by atoms with van der Waals surface area (Å²) in [6, 6.07) is -1.77. The van der Waals surface area contributed by atoms with Gasteiger partial charge in [0.05, 0.1) is 5.75 Å². The summed E-state index contributed by atoms with van der Waals surface area (Å²) < 4.78 is 24.7. The van der Waals surface area contributed by atoms with Gasteiger partial charge in [0, 0.05) is 4.75 Å². The second-order valence-corrected chi connectivity index (χ2v) is 8.91. The molecule has 2 aliphatic rings. The maximum atomic E-state index is 12.0. The molecule has 19 heavy (non-hydrogen) atoms. The molecule has 0 aromatic carbocycles. The van der Waals surface area contributed by atoms with E-state index in [1.165, 1.54) is 23.6 Å². The van der Waals surface area contributed by atoms with Crippen molar-refractivity contribution >= 4 is 33.7 Å². The lowest BCUT2D eigenvalue weighted by Gasteiger charge is -2.43. The minimum Gasteiger partial charge on any atom is -0.480 e. The van der Waals surface area contributed by atoms with E-state index in [1.807, 2.05) is 0 Å². The fourth-order valence-corrected chi connectivity index (χ4v) is 4.89. The third-order valence-corrected chi connectivity index (χ3v) is 6.31. The average molecular weight is 308 g/mol. The van der Waals surface area contributed by atoms with Crippen molar-refractivity contribution in [3.05, 3.63) is 0 Å². The highest BCUT2D eigenvalue weighted by atomic mass is 32.2. The van der Waals surface area contributed by atoms with Crippen LogP contribution in [0.25, 0.3) is 0 Å². The van der Waals surface area contributed by atoms with E-state index in [0.717, 1.165) is 0 Å². The Bertz CT molecular complexity index is 530. The van der Waals surface area contributed by atoms with Crippen LogP contribution in [-0.2, 0) is 19.6 Å². The van der Waals surface area contributed by atoms with E-state index in [2.05, 4.69) is 4.72 Å². The lowest BCUT2D eigenvalue weighted by atomic mass is 9.96. The van der Waals surface area contributed by atoms with E-state index >= 15 is 0 Å². The van der Waals surface area contributed by atoms with Crippen LogP contribution in [0.1, 0.15) is 20.8 Å². The smallest absolute Gasteiger partial charge is 0.327 e. The molecule has 1 amide bonds. The molecule has 7 nitrogen and oxygen atoms in total. The summed E-state index contributed by atoms with van der Waals surface area (Å²) >= 11 is 1.31. The lowest BCUT2D eigenvalue weighted by Crippen LogP contribution is -2.70. The van der Waals surface area contributed by atoms with E-state index in [0.29, 0.717) is 0 Å². The van der Waals surface area contributed by atoms with Gasteiger partial charge >= 0.3 is 5.97 Å². The van der Waals surface area contributed by atoms with Crippen molar-refractivity contribution in [3.8, 4) is 0 Å². The minimum absolute atomic E-state index is 0.111. The fraction of sp³-hybridized carbons (Fsp3) is 0.800. The van der Waals surface area contributed by atoms with Crippen molar-refractivity contribution in [2.75, 3.05) is 5.75 Å². The number of hydrogen-bond acceptors (Lipinski definition) is 5. The van der Waals surface area contributed by atoms with E-state index < -0.39 is 44.1 Å². The first-order valence-electron chi connectivity index (χ1n) is 5.83. The number of rotatable bonds is 4. The van der Waals surface area contributed by atoms with Crippen LogP contribution < -0.4 is 4.72 Å². The van der Waals surface area contributed by atoms with Crippen molar-refractivity contribution in [2.24, 2.45) is 0 Å². The summed E-state index contributed by atoms with van der Waals surface area (Å²) in [4.78, 5) is 24.5. The number of thioether (sulfide) groups is 1. The summed E-state index contributed by atoms with van der Waals surface area (Å²) in [5, 5.41) is 8.77. The Morgan fingerprint density at radius 3 is 2.58 bits per heavy atom. The van der Waals surface area contributed by atoms with Crippen LogP contribution in [-0.4, -0.2) is 58.3 Å². The van der Waals surface area contributed by atoms with E-state index in [-0.39, 0.29) is 5.75 Å². The summed E-state index contributed by atoms with van der Waals surface area (Å²) in [6.45, 7) is 4.97. The molecule has 3 atom stereocenters. The van der Waals surface area contributed by atoms with Crippen LogP contribution in [0, 0.1) is 0 Å². The Labute approximate surface area is 115 Å². The Morgan fingerprint density at radius 1 is 1.53 bits per heavy atom. The third-order valence-electron chi connectivity index (χ3n) is 3.36. The number of nitrogens with zero attached hydrogens (tertiary/aromatic N) is 1. The van der Waals surface area contributed by atoms with E-state index in [4.69, 9.17) is 0 Å². The molecule has 2 rings (SSSR count). The number of carboxylic acid groups (broad SMARTS) is 1. The molecule has 2 N–H and O–H groups in total. The van der Waals surface area contributed by atoms with Crippen molar-refractivity contribution < 1.29 is 23.1 Å². The van der Waals surface area contributed by atoms with Crippen molar-refractivity contribution in [1.29, 1.82) is 0 Å². The van der Waals surface area contributed by atoms with E-state index in [9.17, 15) is 23.1 Å². The molecule has 0 unspecified atom stereocenters. The predicted octanol–water partition coefficient (Wildman–Crippen LogP) is -0.559. The molecular weight excluding hydrogens is 292 g/mol. The Kier molecular flexibility index (Phi) is 3.35. The summed E-state index contributed by atoms with van der Waals surface area (Å²) in [7, 11) is -3.48. The van der Waals surface area contributed by atoms with Crippen LogP contribution in [0.15, 0.2) is 0 Å². The van der Waals surface area contributed by atoms with Crippen molar-refractivity contribution in [1.82, 2.24) is 9.62 Å². The number of hydrogen-bond donors (Lipinski definition) is 2. The van der Waals surface area contributed by atoms with Gasteiger partial charge in [-0.15, -0.1) is 11.8 Å². The number of fused-ring (bicyclic) bond motifs is 1. The maximum Gasteiger partial charge on any atom is 0.327 e. The number of carbonyl (C=O) groups is 2. The van der Waals surface area contributed by atoms with Gasteiger partial charge in [0.1, 0.15) is 17.5 Å². The van der Waals surface area contributed by atoms with Gasteiger partial charge in [-0.05, 0) is 20.8 Å². The van der Waals surface area contributed by atoms with Gasteiger partial charge in [-0.25, -0.2) is 13.2 Å². The van der Waals surface area contributed by atoms with Crippen LogP contribution in [0.4, 0.5) is 0 Å². The zero-order chi connectivity index (χ0) is 14.6. The number of carboxylic acids is 1.